The molecule has 94 valence electrons. The number of nitrogens with one attached hydrogen (secondary N) is 1. The molecule has 7 nitrogen and oxygen atoms in total. The first-order chi connectivity index (χ1) is 7.51. The number of hydrogen-bond acceptors (Lipinski definition) is 5. The van der Waals surface area contributed by atoms with E-state index in [2.05, 4.69) is 5.32 Å². The fourth-order valence-electron chi connectivity index (χ4n) is 1.02. The molecule has 7 heteroatoms. The van der Waals surface area contributed by atoms with Crippen molar-refractivity contribution >= 4 is 11.9 Å². The fourth-order valence-corrected chi connectivity index (χ4v) is 1.02. The van der Waals surface area contributed by atoms with Crippen LogP contribution in [0.2, 0.25) is 0 Å². The minimum absolute atomic E-state index is 0.152. The molecule has 0 fully saturated rings. The molecule has 0 aliphatic heterocycles. The lowest BCUT2D eigenvalue weighted by Crippen LogP contribution is -2.37. The molecule has 6 N–H and O–H groups in total. The van der Waals surface area contributed by atoms with Gasteiger partial charge in [-0.25, -0.2) is 0 Å². The van der Waals surface area contributed by atoms with Crippen LogP contribution in [0.5, 0.6) is 0 Å². The van der Waals surface area contributed by atoms with Crippen LogP contribution < -0.4 is 11.1 Å². The molecule has 16 heavy (non-hydrogen) atoms. The van der Waals surface area contributed by atoms with Gasteiger partial charge in [0.15, 0.2) is 0 Å². The van der Waals surface area contributed by atoms with Crippen molar-refractivity contribution in [2.24, 2.45) is 11.7 Å². The van der Waals surface area contributed by atoms with Crippen LogP contribution in [0.1, 0.15) is 12.8 Å². The molecular weight excluding hydrogens is 216 g/mol. The number of carboxylic acid groups (broad SMARTS) is 1. The maximum atomic E-state index is 11.1. The minimum Gasteiger partial charge on any atom is -0.480 e. The van der Waals surface area contributed by atoms with E-state index in [0.717, 1.165) is 0 Å². The summed E-state index contributed by atoms with van der Waals surface area (Å²) in [6.07, 6.45) is 0.152. The SMILES string of the molecule is N[C@@H](CC(=O)NCCC(CO)CO)C(=O)O. The summed E-state index contributed by atoms with van der Waals surface area (Å²) in [5.41, 5.74) is 5.16. The van der Waals surface area contributed by atoms with Crippen LogP contribution in [0, 0.1) is 5.92 Å². The summed E-state index contributed by atoms with van der Waals surface area (Å²) in [6.45, 7) is -0.0288. The van der Waals surface area contributed by atoms with E-state index in [4.69, 9.17) is 21.1 Å². The Morgan fingerprint density at radius 2 is 1.81 bits per heavy atom. The third-order valence-corrected chi connectivity index (χ3v) is 2.11. The van der Waals surface area contributed by atoms with E-state index in [1.165, 1.54) is 0 Å². The summed E-state index contributed by atoms with van der Waals surface area (Å²) in [6, 6.07) is -1.20. The van der Waals surface area contributed by atoms with E-state index < -0.39 is 17.9 Å². The molecule has 0 aromatic carbocycles. The summed E-state index contributed by atoms with van der Waals surface area (Å²) in [5.74, 6) is -1.95. The maximum absolute atomic E-state index is 11.1. The van der Waals surface area contributed by atoms with Crippen molar-refractivity contribution in [3.63, 3.8) is 0 Å². The van der Waals surface area contributed by atoms with Crippen LogP contribution in [0.4, 0.5) is 0 Å². The normalized spacial score (nSPS) is 12.5. The number of aliphatic carboxylic acids is 1. The molecule has 0 aliphatic rings. The monoisotopic (exact) mass is 234 g/mol. The molecule has 0 aliphatic carbocycles. The van der Waals surface area contributed by atoms with Crippen molar-refractivity contribution in [3.05, 3.63) is 0 Å². The van der Waals surface area contributed by atoms with Gasteiger partial charge < -0.3 is 26.4 Å². The van der Waals surface area contributed by atoms with Crippen molar-refractivity contribution in [2.75, 3.05) is 19.8 Å². The first-order valence-electron chi connectivity index (χ1n) is 4.98. The quantitative estimate of drug-likeness (QED) is 0.326. The van der Waals surface area contributed by atoms with Gasteiger partial charge in [-0.3, -0.25) is 9.59 Å². The highest BCUT2D eigenvalue weighted by Crippen LogP contribution is 1.98. The van der Waals surface area contributed by atoms with Crippen LogP contribution in [-0.2, 0) is 9.59 Å². The molecule has 0 spiro atoms. The highest BCUT2D eigenvalue weighted by molar-refractivity contribution is 5.84. The number of carbonyl (C=O) groups excluding carboxylic acids is 1. The molecule has 0 unspecified atom stereocenters. The van der Waals surface area contributed by atoms with Crippen LogP contribution in [0.3, 0.4) is 0 Å². The molecule has 0 bridgehead atoms. The van der Waals surface area contributed by atoms with Crippen molar-refractivity contribution in [1.82, 2.24) is 5.32 Å². The van der Waals surface area contributed by atoms with Crippen LogP contribution in [-0.4, -0.2) is 53.0 Å². The standard InChI is InChI=1S/C9H18N2O5/c10-7(9(15)16)3-8(14)11-2-1-6(4-12)5-13/h6-7,12-13H,1-5,10H2,(H,11,14)(H,15,16)/t7-/m0/s1. The Labute approximate surface area is 93.3 Å². The van der Waals surface area contributed by atoms with Crippen LogP contribution in [0.25, 0.3) is 0 Å². The van der Waals surface area contributed by atoms with Crippen molar-refractivity contribution in [1.29, 1.82) is 0 Å². The molecule has 0 aromatic heterocycles. The number of aliphatic hydroxyl groups is 2. The van der Waals surface area contributed by atoms with Gasteiger partial charge in [0.1, 0.15) is 6.04 Å². The van der Waals surface area contributed by atoms with Gasteiger partial charge in [0.2, 0.25) is 5.91 Å². The summed E-state index contributed by atoms with van der Waals surface area (Å²) in [4.78, 5) is 21.5. The number of rotatable bonds is 8. The maximum Gasteiger partial charge on any atom is 0.321 e. The van der Waals surface area contributed by atoms with Gasteiger partial charge in [0, 0.05) is 25.7 Å². The summed E-state index contributed by atoms with van der Waals surface area (Å²) in [5, 5.41) is 28.4. The van der Waals surface area contributed by atoms with Crippen molar-refractivity contribution < 1.29 is 24.9 Å². The number of carbonyl (C=O) groups is 2. The number of amides is 1. The highest BCUT2D eigenvalue weighted by atomic mass is 16.4. The lowest BCUT2D eigenvalue weighted by atomic mass is 10.1. The zero-order chi connectivity index (χ0) is 12.6. The summed E-state index contributed by atoms with van der Waals surface area (Å²) in [7, 11) is 0. The number of nitrogens with two attached hydrogens (primary N) is 1. The average molecular weight is 234 g/mol. The minimum atomic E-state index is -1.22. The number of hydrogen-bond donors (Lipinski definition) is 5. The second-order valence-electron chi connectivity index (χ2n) is 3.52. The van der Waals surface area contributed by atoms with Gasteiger partial charge in [-0.05, 0) is 6.42 Å². The molecule has 0 rings (SSSR count). The molecule has 0 heterocycles. The Hall–Kier alpha value is -1.18. The van der Waals surface area contributed by atoms with Crippen LogP contribution in [0.15, 0.2) is 0 Å². The molecule has 0 aromatic rings. The topological polar surface area (TPSA) is 133 Å². The van der Waals surface area contributed by atoms with E-state index in [-0.39, 0.29) is 32.1 Å². The zero-order valence-electron chi connectivity index (χ0n) is 8.93. The Balaban J connectivity index is 3.69. The van der Waals surface area contributed by atoms with Crippen molar-refractivity contribution in [3.8, 4) is 0 Å². The van der Waals surface area contributed by atoms with Crippen molar-refractivity contribution in [2.45, 2.75) is 18.9 Å². The predicted octanol–water partition coefficient (Wildman–Crippen LogP) is -2.10. The third kappa shape index (κ3) is 6.33. The highest BCUT2D eigenvalue weighted by Gasteiger charge is 2.16. The summed E-state index contributed by atoms with van der Waals surface area (Å²) >= 11 is 0. The molecule has 1 atom stereocenters. The third-order valence-electron chi connectivity index (χ3n) is 2.11. The Morgan fingerprint density at radius 1 is 1.25 bits per heavy atom. The zero-order valence-corrected chi connectivity index (χ0v) is 8.93. The van der Waals surface area contributed by atoms with Gasteiger partial charge in [-0.1, -0.05) is 0 Å². The van der Waals surface area contributed by atoms with Gasteiger partial charge in [0.05, 0.1) is 6.42 Å². The van der Waals surface area contributed by atoms with Gasteiger partial charge >= 0.3 is 5.97 Å². The second-order valence-corrected chi connectivity index (χ2v) is 3.52. The van der Waals surface area contributed by atoms with Gasteiger partial charge in [-0.2, -0.15) is 0 Å². The Morgan fingerprint density at radius 3 is 2.25 bits per heavy atom. The molecular formula is C9H18N2O5. The second kappa shape index (κ2) is 8.03. The van der Waals surface area contributed by atoms with Gasteiger partial charge in [-0.15, -0.1) is 0 Å². The molecule has 0 radical (unpaired) electrons. The first kappa shape index (κ1) is 14.8. The molecule has 1 amide bonds. The van der Waals surface area contributed by atoms with E-state index in [9.17, 15) is 9.59 Å². The van der Waals surface area contributed by atoms with Crippen LogP contribution >= 0.6 is 0 Å². The number of aliphatic hydroxyl groups excluding tert-OH is 2. The molecule has 0 saturated carbocycles. The smallest absolute Gasteiger partial charge is 0.321 e. The number of carboxylic acids is 1. The van der Waals surface area contributed by atoms with E-state index in [1.54, 1.807) is 0 Å². The van der Waals surface area contributed by atoms with Gasteiger partial charge in [0.25, 0.3) is 0 Å². The fraction of sp³-hybridized carbons (Fsp3) is 0.778. The predicted molar refractivity (Wildman–Crippen MR) is 55.5 cm³/mol. The lowest BCUT2D eigenvalue weighted by molar-refractivity contribution is -0.140. The Bertz CT molecular complexity index is 230. The molecule has 0 saturated heterocycles. The van der Waals surface area contributed by atoms with E-state index in [0.29, 0.717) is 6.42 Å². The lowest BCUT2D eigenvalue weighted by Gasteiger charge is -2.12. The first-order valence-corrected chi connectivity index (χ1v) is 4.98. The Kier molecular flexibility index (Phi) is 7.44. The average Bonchev–Trinajstić information content (AvgIpc) is 2.24. The van der Waals surface area contributed by atoms with E-state index >= 15 is 0 Å². The van der Waals surface area contributed by atoms with E-state index in [1.807, 2.05) is 0 Å². The largest absolute Gasteiger partial charge is 0.480 e. The summed E-state index contributed by atoms with van der Waals surface area (Å²) < 4.78 is 0.